The van der Waals surface area contributed by atoms with Crippen LogP contribution in [0.3, 0.4) is 0 Å². The molecule has 5 nitrogen and oxygen atoms in total. The zero-order valence-electron chi connectivity index (χ0n) is 14.8. The van der Waals surface area contributed by atoms with Crippen LogP contribution in [-0.2, 0) is 14.4 Å². The van der Waals surface area contributed by atoms with E-state index in [0.29, 0.717) is 6.54 Å². The van der Waals surface area contributed by atoms with Gasteiger partial charge in [0.05, 0.1) is 0 Å². The maximum absolute atomic E-state index is 12.4. The van der Waals surface area contributed by atoms with Gasteiger partial charge in [0.25, 0.3) is 5.91 Å². The third kappa shape index (κ3) is 6.71. The van der Waals surface area contributed by atoms with E-state index in [-0.39, 0.29) is 24.2 Å². The molecule has 0 bridgehead atoms. The Labute approximate surface area is 139 Å². The number of aliphatic carboxylic acids is 1. The Kier molecular flexibility index (Phi) is 7.73. The first kappa shape index (κ1) is 19.7. The van der Waals surface area contributed by atoms with E-state index in [4.69, 9.17) is 5.11 Å². The van der Waals surface area contributed by atoms with Crippen LogP contribution in [-0.4, -0.2) is 40.3 Å². The minimum Gasteiger partial charge on any atom is -0.481 e. The number of hydrogen-bond acceptors (Lipinski definition) is 3. The predicted molar refractivity (Wildman–Crippen MR) is 89.2 cm³/mol. The highest BCUT2D eigenvalue weighted by atomic mass is 16.4. The minimum atomic E-state index is -0.728. The standard InChI is InChI=1S/C18H31NO4/c1-18(2,3)16(22)17(23)19-13-9-11-14(19)10-7-5-4-6-8-12-15(20)21/h14H,4-13H2,1-3H3,(H,20,21)/t14-/m0/s1. The molecule has 0 saturated carbocycles. The van der Waals surface area contributed by atoms with Crippen molar-refractivity contribution in [1.82, 2.24) is 4.90 Å². The molecule has 23 heavy (non-hydrogen) atoms. The Morgan fingerprint density at radius 2 is 1.65 bits per heavy atom. The molecule has 1 heterocycles. The minimum absolute atomic E-state index is 0.202. The summed E-state index contributed by atoms with van der Waals surface area (Å²) in [5, 5.41) is 8.58. The van der Waals surface area contributed by atoms with Crippen LogP contribution >= 0.6 is 0 Å². The number of carboxylic acid groups (broad SMARTS) is 1. The number of carboxylic acids is 1. The van der Waals surface area contributed by atoms with Gasteiger partial charge in [-0.05, 0) is 25.7 Å². The van der Waals surface area contributed by atoms with Gasteiger partial charge in [-0.1, -0.05) is 46.5 Å². The van der Waals surface area contributed by atoms with Crippen molar-refractivity contribution >= 4 is 17.7 Å². The molecule has 1 amide bonds. The van der Waals surface area contributed by atoms with Crippen LogP contribution in [0.15, 0.2) is 0 Å². The Hall–Kier alpha value is -1.39. The number of carbonyl (C=O) groups excluding carboxylic acids is 2. The van der Waals surface area contributed by atoms with Crippen molar-refractivity contribution in [3.8, 4) is 0 Å². The van der Waals surface area contributed by atoms with E-state index in [2.05, 4.69) is 0 Å². The van der Waals surface area contributed by atoms with Gasteiger partial charge >= 0.3 is 5.97 Å². The van der Waals surface area contributed by atoms with Gasteiger partial charge in [-0.2, -0.15) is 0 Å². The third-order valence-corrected chi connectivity index (χ3v) is 4.44. The first-order valence-corrected chi connectivity index (χ1v) is 8.80. The van der Waals surface area contributed by atoms with E-state index < -0.39 is 11.4 Å². The van der Waals surface area contributed by atoms with Crippen LogP contribution in [0.1, 0.15) is 78.6 Å². The van der Waals surface area contributed by atoms with Crippen LogP contribution in [0, 0.1) is 5.41 Å². The second-order valence-corrected chi connectivity index (χ2v) is 7.57. The lowest BCUT2D eigenvalue weighted by Crippen LogP contribution is -2.44. The summed E-state index contributed by atoms with van der Waals surface area (Å²) in [5.74, 6) is -1.34. The fourth-order valence-corrected chi connectivity index (χ4v) is 3.04. The molecule has 1 saturated heterocycles. The lowest BCUT2D eigenvalue weighted by molar-refractivity contribution is -0.149. The summed E-state index contributed by atoms with van der Waals surface area (Å²) in [4.78, 5) is 36.7. The van der Waals surface area contributed by atoms with Crippen molar-refractivity contribution in [3.05, 3.63) is 0 Å². The molecule has 1 aliphatic rings. The molecule has 0 aromatic rings. The zero-order chi connectivity index (χ0) is 17.5. The molecule has 1 fully saturated rings. The Morgan fingerprint density at radius 1 is 1.04 bits per heavy atom. The van der Waals surface area contributed by atoms with Gasteiger partial charge < -0.3 is 10.0 Å². The maximum atomic E-state index is 12.4. The SMILES string of the molecule is CC(C)(C)C(=O)C(=O)N1CCC[C@@H]1CCCCCCCC(=O)O. The van der Waals surface area contributed by atoms with Crippen molar-refractivity contribution in [2.75, 3.05) is 6.54 Å². The van der Waals surface area contributed by atoms with Crippen molar-refractivity contribution in [2.24, 2.45) is 5.41 Å². The molecule has 0 unspecified atom stereocenters. The summed E-state index contributed by atoms with van der Waals surface area (Å²) in [5.41, 5.74) is -0.617. The summed E-state index contributed by atoms with van der Waals surface area (Å²) in [6.07, 6.45) is 7.98. The molecule has 5 heteroatoms. The predicted octanol–water partition coefficient (Wildman–Crippen LogP) is 3.41. The normalized spacial score (nSPS) is 18.2. The average Bonchev–Trinajstić information content (AvgIpc) is 2.91. The third-order valence-electron chi connectivity index (χ3n) is 4.44. The van der Waals surface area contributed by atoms with E-state index >= 15 is 0 Å². The first-order valence-electron chi connectivity index (χ1n) is 8.80. The fourth-order valence-electron chi connectivity index (χ4n) is 3.04. The van der Waals surface area contributed by atoms with Gasteiger partial charge in [0, 0.05) is 24.4 Å². The number of ketones is 1. The van der Waals surface area contributed by atoms with Crippen molar-refractivity contribution < 1.29 is 19.5 Å². The quantitative estimate of drug-likeness (QED) is 0.521. The molecular formula is C18H31NO4. The number of nitrogens with zero attached hydrogens (tertiary/aromatic N) is 1. The smallest absolute Gasteiger partial charge is 0.303 e. The molecule has 132 valence electrons. The number of likely N-dealkylation sites (tertiary alicyclic amines) is 1. The first-order chi connectivity index (χ1) is 10.7. The molecule has 1 atom stereocenters. The zero-order valence-corrected chi connectivity index (χ0v) is 14.8. The summed E-state index contributed by atoms with van der Waals surface area (Å²) in [6.45, 7) is 6.06. The molecule has 1 N–H and O–H groups in total. The second kappa shape index (κ2) is 9.04. The molecule has 0 spiro atoms. The number of hydrogen-bond donors (Lipinski definition) is 1. The fraction of sp³-hybridized carbons (Fsp3) is 0.833. The Balaban J connectivity index is 2.29. The number of carbonyl (C=O) groups is 3. The van der Waals surface area contributed by atoms with Gasteiger partial charge in [-0.15, -0.1) is 0 Å². The van der Waals surface area contributed by atoms with Gasteiger partial charge in [0.1, 0.15) is 0 Å². The summed E-state index contributed by atoms with van der Waals surface area (Å²) < 4.78 is 0. The second-order valence-electron chi connectivity index (χ2n) is 7.57. The summed E-state index contributed by atoms with van der Waals surface area (Å²) in [7, 11) is 0. The lowest BCUT2D eigenvalue weighted by Gasteiger charge is -2.27. The van der Waals surface area contributed by atoms with Crippen LogP contribution in [0.4, 0.5) is 0 Å². The van der Waals surface area contributed by atoms with Crippen LogP contribution in [0.5, 0.6) is 0 Å². The highest BCUT2D eigenvalue weighted by Crippen LogP contribution is 2.25. The lowest BCUT2D eigenvalue weighted by atomic mass is 9.90. The number of amides is 1. The van der Waals surface area contributed by atoms with Gasteiger partial charge in [0.2, 0.25) is 5.78 Å². The molecule has 0 aliphatic carbocycles. The van der Waals surface area contributed by atoms with E-state index in [0.717, 1.165) is 51.4 Å². The van der Waals surface area contributed by atoms with E-state index in [1.165, 1.54) is 0 Å². The molecule has 0 aromatic carbocycles. The Morgan fingerprint density at radius 3 is 2.26 bits per heavy atom. The van der Waals surface area contributed by atoms with Crippen LogP contribution < -0.4 is 0 Å². The van der Waals surface area contributed by atoms with Gasteiger partial charge in [-0.25, -0.2) is 0 Å². The van der Waals surface area contributed by atoms with E-state index in [1.807, 2.05) is 0 Å². The monoisotopic (exact) mass is 325 g/mol. The molecule has 0 radical (unpaired) electrons. The van der Waals surface area contributed by atoms with Crippen molar-refractivity contribution in [2.45, 2.75) is 84.6 Å². The summed E-state index contributed by atoms with van der Waals surface area (Å²) in [6, 6.07) is 0.202. The number of rotatable bonds is 9. The largest absolute Gasteiger partial charge is 0.481 e. The molecule has 1 rings (SSSR count). The highest BCUT2D eigenvalue weighted by molar-refractivity contribution is 6.37. The van der Waals surface area contributed by atoms with Crippen molar-refractivity contribution in [1.29, 1.82) is 0 Å². The van der Waals surface area contributed by atoms with Crippen LogP contribution in [0.25, 0.3) is 0 Å². The van der Waals surface area contributed by atoms with Gasteiger partial charge in [0.15, 0.2) is 0 Å². The molecule has 0 aromatic heterocycles. The van der Waals surface area contributed by atoms with Gasteiger partial charge in [-0.3, -0.25) is 14.4 Å². The average molecular weight is 325 g/mol. The molecule has 1 aliphatic heterocycles. The van der Waals surface area contributed by atoms with Crippen LogP contribution in [0.2, 0.25) is 0 Å². The highest BCUT2D eigenvalue weighted by Gasteiger charge is 2.36. The van der Waals surface area contributed by atoms with E-state index in [9.17, 15) is 14.4 Å². The maximum Gasteiger partial charge on any atom is 0.303 e. The number of Topliss-reactive ketones (excluding diaryl/α,β-unsaturated/α-hetero) is 1. The Bertz CT molecular complexity index is 425. The molecular weight excluding hydrogens is 294 g/mol. The number of unbranched alkanes of at least 4 members (excludes halogenated alkanes) is 4. The van der Waals surface area contributed by atoms with E-state index in [1.54, 1.807) is 25.7 Å². The summed E-state index contributed by atoms with van der Waals surface area (Å²) >= 11 is 0. The topological polar surface area (TPSA) is 74.7 Å². The van der Waals surface area contributed by atoms with Crippen molar-refractivity contribution in [3.63, 3.8) is 0 Å².